The first-order chi connectivity index (χ1) is 4.99. The minimum Gasteiger partial charge on any atom is -0.463 e. The molecule has 0 saturated heterocycles. The highest BCUT2D eigenvalue weighted by Gasteiger charge is 2.32. The van der Waals surface area contributed by atoms with Gasteiger partial charge in [0.25, 0.3) is 0 Å². The predicted octanol–water partition coefficient (Wildman–Crippen LogP) is 2.13. The molecule has 64 valence electrons. The third-order valence-electron chi connectivity index (χ3n) is 2.26. The fourth-order valence-electron chi connectivity index (χ4n) is 1.71. The van der Waals surface area contributed by atoms with Crippen molar-refractivity contribution in [1.29, 1.82) is 0 Å². The van der Waals surface area contributed by atoms with Crippen LogP contribution in [-0.4, -0.2) is 12.1 Å². The first-order valence-electron chi connectivity index (χ1n) is 4.17. The summed E-state index contributed by atoms with van der Waals surface area (Å²) in [6, 6.07) is 0. The first-order valence-corrected chi connectivity index (χ1v) is 4.17. The number of hydrogen-bond donors (Lipinski definition) is 0. The van der Waals surface area contributed by atoms with E-state index < -0.39 is 0 Å². The van der Waals surface area contributed by atoms with Gasteiger partial charge >= 0.3 is 5.97 Å². The van der Waals surface area contributed by atoms with Crippen LogP contribution < -0.4 is 0 Å². The summed E-state index contributed by atoms with van der Waals surface area (Å²) in [5, 5.41) is 0. The summed E-state index contributed by atoms with van der Waals surface area (Å²) in [5.41, 5.74) is 0.375. The fourth-order valence-corrected chi connectivity index (χ4v) is 1.71. The Morgan fingerprint density at radius 3 is 2.55 bits per heavy atom. The van der Waals surface area contributed by atoms with Gasteiger partial charge in [0.15, 0.2) is 0 Å². The molecule has 1 aliphatic carbocycles. The summed E-state index contributed by atoms with van der Waals surface area (Å²) in [7, 11) is 0. The second-order valence-electron chi connectivity index (χ2n) is 4.14. The number of rotatable bonds is 1. The van der Waals surface area contributed by atoms with Crippen molar-refractivity contribution in [2.24, 2.45) is 5.41 Å². The van der Waals surface area contributed by atoms with E-state index in [0.717, 1.165) is 12.8 Å². The van der Waals surface area contributed by atoms with Crippen molar-refractivity contribution < 1.29 is 9.53 Å². The zero-order valence-electron chi connectivity index (χ0n) is 7.52. The van der Waals surface area contributed by atoms with E-state index in [1.807, 2.05) is 0 Å². The summed E-state index contributed by atoms with van der Waals surface area (Å²) in [6.07, 6.45) is 3.41. The van der Waals surface area contributed by atoms with Crippen LogP contribution in [0.5, 0.6) is 0 Å². The lowest BCUT2D eigenvalue weighted by Crippen LogP contribution is -2.14. The highest BCUT2D eigenvalue weighted by atomic mass is 16.5. The van der Waals surface area contributed by atoms with Gasteiger partial charge in [0, 0.05) is 6.92 Å². The van der Waals surface area contributed by atoms with Crippen LogP contribution in [0.1, 0.15) is 40.0 Å². The molecular formula is C9H16O2. The van der Waals surface area contributed by atoms with Crippen LogP contribution >= 0.6 is 0 Å². The molecule has 0 N–H and O–H groups in total. The second kappa shape index (κ2) is 2.84. The lowest BCUT2D eigenvalue weighted by atomic mass is 9.92. The Balaban J connectivity index is 2.36. The Morgan fingerprint density at radius 2 is 2.18 bits per heavy atom. The van der Waals surface area contributed by atoms with Crippen molar-refractivity contribution >= 4 is 5.97 Å². The smallest absolute Gasteiger partial charge is 0.302 e. The van der Waals surface area contributed by atoms with Crippen LogP contribution in [0.4, 0.5) is 0 Å². The van der Waals surface area contributed by atoms with Crippen LogP contribution in [0.15, 0.2) is 0 Å². The lowest BCUT2D eigenvalue weighted by molar-refractivity contribution is -0.146. The van der Waals surface area contributed by atoms with Gasteiger partial charge in [0.1, 0.15) is 6.10 Å². The topological polar surface area (TPSA) is 26.3 Å². The highest BCUT2D eigenvalue weighted by Crippen LogP contribution is 2.38. The maximum atomic E-state index is 10.6. The Bertz CT molecular complexity index is 161. The summed E-state index contributed by atoms with van der Waals surface area (Å²) >= 11 is 0. The van der Waals surface area contributed by atoms with Crippen LogP contribution in [0.2, 0.25) is 0 Å². The van der Waals surface area contributed by atoms with Crippen molar-refractivity contribution in [2.75, 3.05) is 0 Å². The molecule has 1 saturated carbocycles. The number of esters is 1. The van der Waals surface area contributed by atoms with Crippen molar-refractivity contribution in [2.45, 2.75) is 46.1 Å². The van der Waals surface area contributed by atoms with Crippen LogP contribution in [0, 0.1) is 5.41 Å². The molecule has 0 heterocycles. The molecule has 1 fully saturated rings. The van der Waals surface area contributed by atoms with E-state index in [1.54, 1.807) is 0 Å². The van der Waals surface area contributed by atoms with E-state index in [0.29, 0.717) is 5.41 Å². The molecule has 0 aliphatic heterocycles. The van der Waals surface area contributed by atoms with Gasteiger partial charge in [-0.05, 0) is 24.7 Å². The summed E-state index contributed by atoms with van der Waals surface area (Å²) < 4.78 is 5.11. The Morgan fingerprint density at radius 1 is 1.55 bits per heavy atom. The molecule has 2 heteroatoms. The summed E-state index contributed by atoms with van der Waals surface area (Å²) in [5.74, 6) is -0.146. The van der Waals surface area contributed by atoms with Gasteiger partial charge in [0.05, 0.1) is 0 Å². The first kappa shape index (κ1) is 8.57. The maximum absolute atomic E-state index is 10.6. The summed E-state index contributed by atoms with van der Waals surface area (Å²) in [6.45, 7) is 5.91. The van der Waals surface area contributed by atoms with Gasteiger partial charge in [-0.2, -0.15) is 0 Å². The quantitative estimate of drug-likeness (QED) is 0.543. The minimum absolute atomic E-state index is 0.146. The third kappa shape index (κ3) is 2.52. The van der Waals surface area contributed by atoms with Gasteiger partial charge in [-0.15, -0.1) is 0 Å². The van der Waals surface area contributed by atoms with Crippen molar-refractivity contribution in [3.63, 3.8) is 0 Å². The average molecular weight is 156 g/mol. The van der Waals surface area contributed by atoms with E-state index >= 15 is 0 Å². The SMILES string of the molecule is CC(=O)OC1CCC(C)(C)C1. The van der Waals surface area contributed by atoms with Crippen LogP contribution in [0.3, 0.4) is 0 Å². The zero-order chi connectivity index (χ0) is 8.48. The van der Waals surface area contributed by atoms with E-state index in [2.05, 4.69) is 13.8 Å². The monoisotopic (exact) mass is 156 g/mol. The van der Waals surface area contributed by atoms with E-state index in [1.165, 1.54) is 13.3 Å². The second-order valence-corrected chi connectivity index (χ2v) is 4.14. The molecular weight excluding hydrogens is 140 g/mol. The van der Waals surface area contributed by atoms with Gasteiger partial charge in [-0.25, -0.2) is 0 Å². The summed E-state index contributed by atoms with van der Waals surface area (Å²) in [4.78, 5) is 10.6. The number of ether oxygens (including phenoxy) is 1. The number of hydrogen-bond acceptors (Lipinski definition) is 2. The molecule has 0 radical (unpaired) electrons. The van der Waals surface area contributed by atoms with Crippen LogP contribution in [-0.2, 0) is 9.53 Å². The van der Waals surface area contributed by atoms with Gasteiger partial charge in [0.2, 0.25) is 0 Å². The standard InChI is InChI=1S/C9H16O2/c1-7(10)11-8-4-5-9(2,3)6-8/h8H,4-6H2,1-3H3. The molecule has 1 rings (SSSR count). The fraction of sp³-hybridized carbons (Fsp3) is 0.889. The molecule has 2 nitrogen and oxygen atoms in total. The molecule has 0 spiro atoms. The average Bonchev–Trinajstić information content (AvgIpc) is 2.08. The highest BCUT2D eigenvalue weighted by molar-refractivity contribution is 5.66. The van der Waals surface area contributed by atoms with Crippen LogP contribution in [0.25, 0.3) is 0 Å². The van der Waals surface area contributed by atoms with Crippen molar-refractivity contribution in [3.05, 3.63) is 0 Å². The van der Waals surface area contributed by atoms with Crippen molar-refractivity contribution in [3.8, 4) is 0 Å². The van der Waals surface area contributed by atoms with Gasteiger partial charge in [-0.3, -0.25) is 4.79 Å². The molecule has 0 bridgehead atoms. The lowest BCUT2D eigenvalue weighted by Gasteiger charge is -2.16. The number of carbonyl (C=O) groups is 1. The third-order valence-corrected chi connectivity index (χ3v) is 2.26. The Kier molecular flexibility index (Phi) is 2.21. The normalized spacial score (nSPS) is 28.5. The number of carbonyl (C=O) groups excluding carboxylic acids is 1. The molecule has 11 heavy (non-hydrogen) atoms. The molecule has 0 aromatic carbocycles. The molecule has 1 aliphatic rings. The molecule has 0 amide bonds. The Labute approximate surface area is 67.9 Å². The van der Waals surface area contributed by atoms with E-state index in [9.17, 15) is 4.79 Å². The zero-order valence-corrected chi connectivity index (χ0v) is 7.52. The van der Waals surface area contributed by atoms with E-state index in [-0.39, 0.29) is 12.1 Å². The molecule has 0 aromatic heterocycles. The van der Waals surface area contributed by atoms with Crippen molar-refractivity contribution in [1.82, 2.24) is 0 Å². The Hall–Kier alpha value is -0.530. The predicted molar refractivity (Wildman–Crippen MR) is 43.2 cm³/mol. The minimum atomic E-state index is -0.146. The van der Waals surface area contributed by atoms with E-state index in [4.69, 9.17) is 4.74 Å². The maximum Gasteiger partial charge on any atom is 0.302 e. The van der Waals surface area contributed by atoms with Gasteiger partial charge < -0.3 is 4.74 Å². The largest absolute Gasteiger partial charge is 0.463 e. The molecule has 1 unspecified atom stereocenters. The molecule has 1 atom stereocenters. The molecule has 0 aromatic rings. The van der Waals surface area contributed by atoms with Gasteiger partial charge in [-0.1, -0.05) is 13.8 Å².